The molecule has 0 aliphatic rings. The van der Waals surface area contributed by atoms with Gasteiger partial charge in [-0.15, -0.1) is 0 Å². The van der Waals surface area contributed by atoms with Gasteiger partial charge in [-0.2, -0.15) is 0 Å². The van der Waals surface area contributed by atoms with Crippen LogP contribution in [0.5, 0.6) is 0 Å². The normalized spacial score (nSPS) is 12.2. The molecule has 1 atom stereocenters. The predicted molar refractivity (Wildman–Crippen MR) is 59.3 cm³/mol. The molecular weight excluding hydrogens is 209 g/mol. The van der Waals surface area contributed by atoms with Crippen molar-refractivity contribution in [1.29, 1.82) is 0 Å². The quantitative estimate of drug-likeness (QED) is 0.777. The summed E-state index contributed by atoms with van der Waals surface area (Å²) in [5, 5.41) is 2.96. The van der Waals surface area contributed by atoms with Gasteiger partial charge in [-0.05, 0) is 12.5 Å². The van der Waals surface area contributed by atoms with E-state index in [4.69, 9.17) is 0 Å². The summed E-state index contributed by atoms with van der Waals surface area (Å²) >= 11 is 0. The second kappa shape index (κ2) is 6.23. The van der Waals surface area contributed by atoms with Crippen LogP contribution in [0.25, 0.3) is 0 Å². The molecule has 0 aliphatic carbocycles. The minimum atomic E-state index is -0.385. The van der Waals surface area contributed by atoms with Crippen molar-refractivity contribution < 1.29 is 13.9 Å². The Morgan fingerprint density at radius 1 is 1.50 bits per heavy atom. The molecule has 0 aromatic heterocycles. The lowest BCUT2D eigenvalue weighted by Gasteiger charge is -2.14. The molecule has 0 saturated carbocycles. The van der Waals surface area contributed by atoms with E-state index < -0.39 is 0 Å². The van der Waals surface area contributed by atoms with E-state index in [-0.39, 0.29) is 17.8 Å². The van der Waals surface area contributed by atoms with E-state index in [9.17, 15) is 9.18 Å². The number of ether oxygens (including phenoxy) is 1. The van der Waals surface area contributed by atoms with E-state index in [2.05, 4.69) is 10.1 Å². The highest BCUT2D eigenvalue weighted by Gasteiger charge is 2.16. The Balaban J connectivity index is 2.56. The Labute approximate surface area is 94.6 Å². The summed E-state index contributed by atoms with van der Waals surface area (Å²) in [6.45, 7) is 2.19. The van der Waals surface area contributed by atoms with Crippen LogP contribution in [0, 0.1) is 5.82 Å². The van der Waals surface area contributed by atoms with Crippen LogP contribution in [0.4, 0.5) is 4.39 Å². The van der Waals surface area contributed by atoms with Crippen LogP contribution in [0.3, 0.4) is 0 Å². The average molecular weight is 225 g/mol. The molecule has 1 aromatic rings. The van der Waals surface area contributed by atoms with Crippen LogP contribution in [0.2, 0.25) is 0 Å². The summed E-state index contributed by atoms with van der Waals surface area (Å²) < 4.78 is 17.9. The molecule has 1 unspecified atom stereocenters. The van der Waals surface area contributed by atoms with E-state index >= 15 is 0 Å². The third-order valence-electron chi connectivity index (χ3n) is 2.39. The SMILES string of the molecule is CCC(NCc1ccccc1F)C(=O)OC. The highest BCUT2D eigenvalue weighted by atomic mass is 19.1. The van der Waals surface area contributed by atoms with Crippen molar-refractivity contribution >= 4 is 5.97 Å². The molecule has 0 amide bonds. The van der Waals surface area contributed by atoms with Crippen LogP contribution in [-0.2, 0) is 16.1 Å². The lowest BCUT2D eigenvalue weighted by Crippen LogP contribution is -2.36. The minimum Gasteiger partial charge on any atom is -0.468 e. The largest absolute Gasteiger partial charge is 0.468 e. The highest BCUT2D eigenvalue weighted by Crippen LogP contribution is 2.06. The molecule has 0 radical (unpaired) electrons. The zero-order chi connectivity index (χ0) is 12.0. The lowest BCUT2D eigenvalue weighted by molar-refractivity contribution is -0.143. The van der Waals surface area contributed by atoms with E-state index in [1.165, 1.54) is 13.2 Å². The third-order valence-corrected chi connectivity index (χ3v) is 2.39. The summed E-state index contributed by atoms with van der Waals surface area (Å²) in [6, 6.07) is 6.10. The number of nitrogens with one attached hydrogen (secondary N) is 1. The Morgan fingerprint density at radius 3 is 2.75 bits per heavy atom. The lowest BCUT2D eigenvalue weighted by atomic mass is 10.1. The van der Waals surface area contributed by atoms with Crippen molar-refractivity contribution in [3.05, 3.63) is 35.6 Å². The number of esters is 1. The maximum atomic E-state index is 13.3. The summed E-state index contributed by atoms with van der Waals surface area (Å²) in [5.74, 6) is -0.589. The maximum Gasteiger partial charge on any atom is 0.322 e. The number of carbonyl (C=O) groups is 1. The van der Waals surface area contributed by atoms with Gasteiger partial charge < -0.3 is 10.1 Å². The van der Waals surface area contributed by atoms with Crippen molar-refractivity contribution in [3.8, 4) is 0 Å². The van der Waals surface area contributed by atoms with Crippen molar-refractivity contribution in [2.24, 2.45) is 0 Å². The fourth-order valence-corrected chi connectivity index (χ4v) is 1.41. The molecule has 1 aromatic carbocycles. The number of hydrogen-bond donors (Lipinski definition) is 1. The zero-order valence-corrected chi connectivity index (χ0v) is 9.50. The Morgan fingerprint density at radius 2 is 2.19 bits per heavy atom. The van der Waals surface area contributed by atoms with Crippen molar-refractivity contribution in [2.45, 2.75) is 25.9 Å². The minimum absolute atomic E-state index is 0.269. The number of rotatable bonds is 5. The van der Waals surface area contributed by atoms with Gasteiger partial charge in [-0.3, -0.25) is 4.79 Å². The molecule has 0 bridgehead atoms. The number of benzene rings is 1. The molecule has 3 nitrogen and oxygen atoms in total. The van der Waals surface area contributed by atoms with Crippen LogP contribution in [0.15, 0.2) is 24.3 Å². The number of methoxy groups -OCH3 is 1. The number of hydrogen-bond acceptors (Lipinski definition) is 3. The van der Waals surface area contributed by atoms with Gasteiger partial charge in [0.1, 0.15) is 11.9 Å². The molecule has 88 valence electrons. The predicted octanol–water partition coefficient (Wildman–Crippen LogP) is 1.87. The van der Waals surface area contributed by atoms with Crippen molar-refractivity contribution in [3.63, 3.8) is 0 Å². The van der Waals surface area contributed by atoms with E-state index in [0.717, 1.165) is 0 Å². The Hall–Kier alpha value is -1.42. The van der Waals surface area contributed by atoms with Crippen LogP contribution < -0.4 is 5.32 Å². The first-order chi connectivity index (χ1) is 7.69. The second-order valence-electron chi connectivity index (χ2n) is 3.46. The zero-order valence-electron chi connectivity index (χ0n) is 9.50. The van der Waals surface area contributed by atoms with Gasteiger partial charge >= 0.3 is 5.97 Å². The third kappa shape index (κ3) is 3.31. The maximum absolute atomic E-state index is 13.3. The summed E-state index contributed by atoms with van der Waals surface area (Å²) in [7, 11) is 1.34. The molecular formula is C12H16FNO2. The Bertz CT molecular complexity index is 355. The first-order valence-corrected chi connectivity index (χ1v) is 5.23. The van der Waals surface area contributed by atoms with Gasteiger partial charge in [-0.25, -0.2) is 4.39 Å². The molecule has 1 N–H and O–H groups in total. The van der Waals surface area contributed by atoms with Crippen LogP contribution >= 0.6 is 0 Å². The van der Waals surface area contributed by atoms with Gasteiger partial charge in [0.05, 0.1) is 7.11 Å². The van der Waals surface area contributed by atoms with Gasteiger partial charge in [0, 0.05) is 12.1 Å². The standard InChI is InChI=1S/C12H16FNO2/c1-3-11(12(15)16-2)14-8-9-6-4-5-7-10(9)13/h4-7,11,14H,3,8H2,1-2H3. The number of halogens is 1. The first kappa shape index (κ1) is 12.6. The fraction of sp³-hybridized carbons (Fsp3) is 0.417. The van der Waals surface area contributed by atoms with Crippen LogP contribution in [0.1, 0.15) is 18.9 Å². The monoisotopic (exact) mass is 225 g/mol. The molecule has 0 aliphatic heterocycles. The highest BCUT2D eigenvalue weighted by molar-refractivity contribution is 5.75. The molecule has 0 fully saturated rings. The summed E-state index contributed by atoms with van der Waals surface area (Å²) in [6.07, 6.45) is 0.612. The molecule has 1 rings (SSSR count). The smallest absolute Gasteiger partial charge is 0.322 e. The van der Waals surface area contributed by atoms with Gasteiger partial charge in [-0.1, -0.05) is 25.1 Å². The van der Waals surface area contributed by atoms with Crippen molar-refractivity contribution in [1.82, 2.24) is 5.32 Å². The first-order valence-electron chi connectivity index (χ1n) is 5.23. The topological polar surface area (TPSA) is 38.3 Å². The molecule has 0 saturated heterocycles. The van der Waals surface area contributed by atoms with Crippen molar-refractivity contribution in [2.75, 3.05) is 7.11 Å². The number of carbonyl (C=O) groups excluding carboxylic acids is 1. The van der Waals surface area contributed by atoms with E-state index in [0.29, 0.717) is 18.5 Å². The average Bonchev–Trinajstić information content (AvgIpc) is 2.31. The summed E-state index contributed by atoms with van der Waals surface area (Å²) in [5.41, 5.74) is 0.546. The summed E-state index contributed by atoms with van der Waals surface area (Å²) in [4.78, 5) is 11.3. The van der Waals surface area contributed by atoms with E-state index in [1.54, 1.807) is 18.2 Å². The molecule has 0 heterocycles. The van der Waals surface area contributed by atoms with Gasteiger partial charge in [0.2, 0.25) is 0 Å². The van der Waals surface area contributed by atoms with E-state index in [1.807, 2.05) is 6.92 Å². The van der Waals surface area contributed by atoms with Gasteiger partial charge in [0.15, 0.2) is 0 Å². The molecule has 0 spiro atoms. The molecule has 16 heavy (non-hydrogen) atoms. The molecule has 4 heteroatoms. The van der Waals surface area contributed by atoms with Gasteiger partial charge in [0.25, 0.3) is 0 Å². The Kier molecular flexibility index (Phi) is 4.92. The second-order valence-corrected chi connectivity index (χ2v) is 3.46. The fourth-order valence-electron chi connectivity index (χ4n) is 1.41. The van der Waals surface area contributed by atoms with Crippen LogP contribution in [-0.4, -0.2) is 19.1 Å².